The lowest BCUT2D eigenvalue weighted by Crippen LogP contribution is -2.01. The van der Waals surface area contributed by atoms with Crippen LogP contribution < -0.4 is 0 Å². The van der Waals surface area contributed by atoms with E-state index in [1.165, 1.54) is 0 Å². The first-order chi connectivity index (χ1) is 6.63. The zero-order valence-electron chi connectivity index (χ0n) is 8.49. The van der Waals surface area contributed by atoms with Crippen molar-refractivity contribution < 1.29 is 9.59 Å². The van der Waals surface area contributed by atoms with Crippen LogP contribution in [0.25, 0.3) is 0 Å². The molecule has 1 aromatic rings. The third-order valence-corrected chi connectivity index (χ3v) is 2.15. The monoisotopic (exact) mass is 190 g/mol. The third-order valence-electron chi connectivity index (χ3n) is 2.15. The van der Waals surface area contributed by atoms with Gasteiger partial charge in [-0.1, -0.05) is 31.2 Å². The maximum atomic E-state index is 11.0. The van der Waals surface area contributed by atoms with Crippen LogP contribution >= 0.6 is 0 Å². The molecule has 0 radical (unpaired) electrons. The Morgan fingerprint density at radius 3 is 2.36 bits per heavy atom. The van der Waals surface area contributed by atoms with Crippen molar-refractivity contribution in [3.63, 3.8) is 0 Å². The Bertz CT molecular complexity index is 325. The number of carbonyl (C=O) groups excluding carboxylic acids is 2. The summed E-state index contributed by atoms with van der Waals surface area (Å²) in [5, 5.41) is 0. The molecule has 0 heterocycles. The molecule has 1 unspecified atom stereocenters. The zero-order valence-corrected chi connectivity index (χ0v) is 8.49. The SMILES string of the molecule is CC(=O)c1ccc(CC(C)C=O)cc1. The Kier molecular flexibility index (Phi) is 3.57. The van der Waals surface area contributed by atoms with Gasteiger partial charge >= 0.3 is 0 Å². The van der Waals surface area contributed by atoms with Gasteiger partial charge in [0.15, 0.2) is 5.78 Å². The van der Waals surface area contributed by atoms with Crippen LogP contribution in [0.15, 0.2) is 24.3 Å². The topological polar surface area (TPSA) is 34.1 Å². The van der Waals surface area contributed by atoms with Crippen molar-refractivity contribution in [1.82, 2.24) is 0 Å². The fourth-order valence-electron chi connectivity index (χ4n) is 1.30. The number of hydrogen-bond donors (Lipinski definition) is 0. The molecular formula is C12H14O2. The summed E-state index contributed by atoms with van der Waals surface area (Å²) < 4.78 is 0. The van der Waals surface area contributed by atoms with Gasteiger partial charge in [0, 0.05) is 11.5 Å². The lowest BCUT2D eigenvalue weighted by molar-refractivity contribution is -0.110. The Hall–Kier alpha value is -1.44. The molecule has 1 atom stereocenters. The van der Waals surface area contributed by atoms with Gasteiger partial charge in [-0.05, 0) is 18.9 Å². The highest BCUT2D eigenvalue weighted by Gasteiger charge is 2.02. The van der Waals surface area contributed by atoms with E-state index in [1.807, 2.05) is 19.1 Å². The van der Waals surface area contributed by atoms with Crippen LogP contribution in [0.4, 0.5) is 0 Å². The first-order valence-corrected chi connectivity index (χ1v) is 4.68. The minimum atomic E-state index is 0.0400. The highest BCUT2D eigenvalue weighted by Crippen LogP contribution is 2.09. The van der Waals surface area contributed by atoms with Gasteiger partial charge in [0.2, 0.25) is 0 Å². The van der Waals surface area contributed by atoms with Gasteiger partial charge in [-0.3, -0.25) is 4.79 Å². The van der Waals surface area contributed by atoms with Crippen molar-refractivity contribution in [2.45, 2.75) is 20.3 Å². The predicted octanol–water partition coefficient (Wildman–Crippen LogP) is 2.27. The summed E-state index contributed by atoms with van der Waals surface area (Å²) in [6, 6.07) is 7.40. The summed E-state index contributed by atoms with van der Waals surface area (Å²) in [7, 11) is 0. The molecule has 0 aliphatic heterocycles. The van der Waals surface area contributed by atoms with Gasteiger partial charge in [0.25, 0.3) is 0 Å². The van der Waals surface area contributed by atoms with E-state index < -0.39 is 0 Å². The fourth-order valence-corrected chi connectivity index (χ4v) is 1.30. The van der Waals surface area contributed by atoms with Crippen LogP contribution in [-0.2, 0) is 11.2 Å². The van der Waals surface area contributed by atoms with Gasteiger partial charge in [-0.15, -0.1) is 0 Å². The summed E-state index contributed by atoms with van der Waals surface area (Å²) >= 11 is 0. The van der Waals surface area contributed by atoms with Gasteiger partial charge in [0.1, 0.15) is 6.29 Å². The molecule has 0 bridgehead atoms. The number of hydrogen-bond acceptors (Lipinski definition) is 2. The smallest absolute Gasteiger partial charge is 0.159 e. The molecule has 0 fully saturated rings. The summed E-state index contributed by atoms with van der Waals surface area (Å²) in [6.45, 7) is 3.43. The average molecular weight is 190 g/mol. The first-order valence-electron chi connectivity index (χ1n) is 4.68. The normalized spacial score (nSPS) is 12.1. The molecule has 0 spiro atoms. The standard InChI is InChI=1S/C12H14O2/c1-9(8-13)7-11-3-5-12(6-4-11)10(2)14/h3-6,8-9H,7H2,1-2H3. The second kappa shape index (κ2) is 4.70. The number of Topliss-reactive ketones (excluding diaryl/α,β-unsaturated/α-hetero) is 1. The highest BCUT2D eigenvalue weighted by molar-refractivity contribution is 5.94. The van der Waals surface area contributed by atoms with Crippen molar-refractivity contribution in [2.24, 2.45) is 5.92 Å². The molecule has 0 aliphatic carbocycles. The zero-order chi connectivity index (χ0) is 10.6. The van der Waals surface area contributed by atoms with E-state index >= 15 is 0 Å². The molecule has 2 heteroatoms. The van der Waals surface area contributed by atoms with E-state index in [1.54, 1.807) is 19.1 Å². The van der Waals surface area contributed by atoms with Crippen molar-refractivity contribution in [2.75, 3.05) is 0 Å². The fraction of sp³-hybridized carbons (Fsp3) is 0.333. The van der Waals surface area contributed by atoms with Crippen LogP contribution in [0.2, 0.25) is 0 Å². The number of carbonyl (C=O) groups is 2. The lowest BCUT2D eigenvalue weighted by Gasteiger charge is -2.04. The summed E-state index contributed by atoms with van der Waals surface area (Å²) in [4.78, 5) is 21.4. The van der Waals surface area contributed by atoms with E-state index in [9.17, 15) is 9.59 Å². The second-order valence-electron chi connectivity index (χ2n) is 3.57. The van der Waals surface area contributed by atoms with E-state index in [4.69, 9.17) is 0 Å². The second-order valence-corrected chi connectivity index (χ2v) is 3.57. The number of aldehydes is 1. The van der Waals surface area contributed by atoms with E-state index in [0.29, 0.717) is 5.56 Å². The van der Waals surface area contributed by atoms with E-state index in [2.05, 4.69) is 0 Å². The lowest BCUT2D eigenvalue weighted by atomic mass is 10.0. The van der Waals surface area contributed by atoms with Gasteiger partial charge in [0.05, 0.1) is 0 Å². The Morgan fingerprint density at radius 1 is 1.36 bits per heavy atom. The van der Waals surface area contributed by atoms with Crippen molar-refractivity contribution >= 4 is 12.1 Å². The quantitative estimate of drug-likeness (QED) is 0.539. The van der Waals surface area contributed by atoms with Crippen molar-refractivity contribution in [3.05, 3.63) is 35.4 Å². The summed E-state index contributed by atoms with van der Waals surface area (Å²) in [5.74, 6) is 0.109. The molecule has 1 rings (SSSR count). The Labute approximate surface area is 83.9 Å². The summed E-state index contributed by atoms with van der Waals surface area (Å²) in [5.41, 5.74) is 1.81. The third kappa shape index (κ3) is 2.80. The predicted molar refractivity (Wildman–Crippen MR) is 55.4 cm³/mol. The Morgan fingerprint density at radius 2 is 1.93 bits per heavy atom. The molecule has 0 saturated heterocycles. The van der Waals surface area contributed by atoms with Crippen LogP contribution in [0, 0.1) is 5.92 Å². The number of ketones is 1. The molecule has 74 valence electrons. The van der Waals surface area contributed by atoms with E-state index in [-0.39, 0.29) is 11.7 Å². The van der Waals surface area contributed by atoms with Crippen LogP contribution in [0.5, 0.6) is 0 Å². The molecular weight excluding hydrogens is 176 g/mol. The van der Waals surface area contributed by atoms with Crippen LogP contribution in [0.3, 0.4) is 0 Å². The maximum Gasteiger partial charge on any atom is 0.159 e. The summed E-state index contributed by atoms with van der Waals surface area (Å²) in [6.07, 6.45) is 1.68. The maximum absolute atomic E-state index is 11.0. The van der Waals surface area contributed by atoms with Crippen molar-refractivity contribution in [1.29, 1.82) is 0 Å². The number of benzene rings is 1. The molecule has 0 aliphatic rings. The van der Waals surface area contributed by atoms with Crippen molar-refractivity contribution in [3.8, 4) is 0 Å². The molecule has 0 aromatic heterocycles. The molecule has 14 heavy (non-hydrogen) atoms. The minimum absolute atomic E-state index is 0.0400. The molecule has 0 saturated carbocycles. The van der Waals surface area contributed by atoms with Crippen LogP contribution in [0.1, 0.15) is 29.8 Å². The minimum Gasteiger partial charge on any atom is -0.303 e. The average Bonchev–Trinajstić information content (AvgIpc) is 2.18. The molecule has 2 nitrogen and oxygen atoms in total. The molecule has 0 amide bonds. The van der Waals surface area contributed by atoms with Gasteiger partial charge in [-0.25, -0.2) is 0 Å². The largest absolute Gasteiger partial charge is 0.303 e. The Balaban J connectivity index is 2.73. The van der Waals surface area contributed by atoms with E-state index in [0.717, 1.165) is 18.3 Å². The van der Waals surface area contributed by atoms with Gasteiger partial charge < -0.3 is 4.79 Å². The first kappa shape index (κ1) is 10.6. The highest BCUT2D eigenvalue weighted by atomic mass is 16.1. The molecule has 1 aromatic carbocycles. The number of rotatable bonds is 4. The van der Waals surface area contributed by atoms with Crippen LogP contribution in [-0.4, -0.2) is 12.1 Å². The molecule has 0 N–H and O–H groups in total. The van der Waals surface area contributed by atoms with Gasteiger partial charge in [-0.2, -0.15) is 0 Å².